The van der Waals surface area contributed by atoms with E-state index < -0.39 is 23.8 Å². The van der Waals surface area contributed by atoms with Gasteiger partial charge in [0.25, 0.3) is 5.91 Å². The second kappa shape index (κ2) is 6.21. The van der Waals surface area contributed by atoms with Crippen LogP contribution in [0.1, 0.15) is 24.2 Å². The minimum absolute atomic E-state index is 0.149. The summed E-state index contributed by atoms with van der Waals surface area (Å²) in [6, 6.07) is 0.917. The highest BCUT2D eigenvalue weighted by Gasteiger charge is 2.35. The Morgan fingerprint density at radius 3 is 2.95 bits per heavy atom. The molecule has 21 heavy (non-hydrogen) atoms. The van der Waals surface area contributed by atoms with Crippen molar-refractivity contribution < 1.29 is 14.4 Å². The molecule has 1 atom stereocenters. The Morgan fingerprint density at radius 2 is 2.29 bits per heavy atom. The average Bonchev–Trinajstić information content (AvgIpc) is 2.44. The Hall–Kier alpha value is -1.96. The number of amides is 3. The first-order valence-corrected chi connectivity index (χ1v) is 7.27. The number of pyridine rings is 1. The van der Waals surface area contributed by atoms with Gasteiger partial charge in [0.2, 0.25) is 11.8 Å². The van der Waals surface area contributed by atoms with Gasteiger partial charge in [-0.1, -0.05) is 0 Å². The number of rotatable bonds is 3. The average molecular weight is 355 g/mol. The number of aromatic nitrogens is 1. The normalized spacial score (nSPS) is 18.4. The van der Waals surface area contributed by atoms with Crippen LogP contribution in [0, 0.1) is 0 Å². The predicted octanol–water partition coefficient (Wildman–Crippen LogP) is 0.763. The second-order valence-electron chi connectivity index (χ2n) is 4.60. The van der Waals surface area contributed by atoms with Crippen molar-refractivity contribution in [3.63, 3.8) is 0 Å². The minimum atomic E-state index is -0.705. The summed E-state index contributed by atoms with van der Waals surface area (Å²) in [5.74, 6) is -0.946. The predicted molar refractivity (Wildman–Crippen MR) is 79.7 cm³/mol. The number of halogens is 1. The van der Waals surface area contributed by atoms with Gasteiger partial charge in [-0.15, -0.1) is 0 Å². The van der Waals surface area contributed by atoms with Crippen molar-refractivity contribution >= 4 is 39.5 Å². The lowest BCUT2D eigenvalue weighted by Crippen LogP contribution is -2.58. The molecule has 0 saturated carbocycles. The van der Waals surface area contributed by atoms with Gasteiger partial charge in [-0.2, -0.15) is 0 Å². The number of piperazine rings is 1. The highest BCUT2D eigenvalue weighted by atomic mass is 79.9. The molecule has 1 fully saturated rings. The van der Waals surface area contributed by atoms with Gasteiger partial charge in [0.15, 0.2) is 0 Å². The quantitative estimate of drug-likeness (QED) is 0.782. The summed E-state index contributed by atoms with van der Waals surface area (Å²) < 4.78 is 0.646. The third-order valence-corrected chi connectivity index (χ3v) is 3.55. The third-order valence-electron chi connectivity index (χ3n) is 3.11. The van der Waals surface area contributed by atoms with Gasteiger partial charge in [0.05, 0.1) is 5.56 Å². The number of hydrogen-bond acceptors (Lipinski definition) is 5. The first-order valence-electron chi connectivity index (χ1n) is 6.48. The summed E-state index contributed by atoms with van der Waals surface area (Å²) in [6.45, 7) is 3.92. The first-order chi connectivity index (χ1) is 9.93. The molecular weight excluding hydrogens is 340 g/mol. The van der Waals surface area contributed by atoms with Crippen molar-refractivity contribution in [1.82, 2.24) is 15.2 Å². The molecule has 0 aliphatic carbocycles. The molecule has 1 aromatic heterocycles. The number of nitrogens with one attached hydrogen (secondary N) is 2. The molecule has 2 rings (SSSR count). The van der Waals surface area contributed by atoms with E-state index in [1.807, 2.05) is 6.92 Å². The van der Waals surface area contributed by atoms with Gasteiger partial charge in [-0.3, -0.25) is 19.7 Å². The monoisotopic (exact) mass is 354 g/mol. The van der Waals surface area contributed by atoms with Gasteiger partial charge >= 0.3 is 0 Å². The molecule has 2 N–H and O–H groups in total. The molecule has 0 aromatic carbocycles. The van der Waals surface area contributed by atoms with E-state index in [9.17, 15) is 14.4 Å². The van der Waals surface area contributed by atoms with Crippen molar-refractivity contribution in [3.8, 4) is 0 Å². The van der Waals surface area contributed by atoms with Crippen LogP contribution < -0.4 is 10.6 Å². The molecule has 1 aliphatic rings. The van der Waals surface area contributed by atoms with E-state index in [4.69, 9.17) is 0 Å². The zero-order valence-electron chi connectivity index (χ0n) is 11.6. The Kier molecular flexibility index (Phi) is 4.56. The van der Waals surface area contributed by atoms with Crippen LogP contribution >= 0.6 is 15.9 Å². The molecule has 1 saturated heterocycles. The molecule has 112 valence electrons. The van der Waals surface area contributed by atoms with Crippen LogP contribution in [0.4, 0.5) is 5.82 Å². The zero-order valence-corrected chi connectivity index (χ0v) is 13.2. The van der Waals surface area contributed by atoms with E-state index in [-0.39, 0.29) is 6.54 Å². The van der Waals surface area contributed by atoms with Crippen molar-refractivity contribution in [1.29, 1.82) is 0 Å². The Labute approximate surface area is 130 Å². The van der Waals surface area contributed by atoms with E-state index in [2.05, 4.69) is 31.5 Å². The molecule has 3 amide bonds. The summed E-state index contributed by atoms with van der Waals surface area (Å²) in [4.78, 5) is 41.2. The van der Waals surface area contributed by atoms with Crippen LogP contribution in [0.5, 0.6) is 0 Å². The molecule has 1 aliphatic heterocycles. The zero-order chi connectivity index (χ0) is 15.6. The Morgan fingerprint density at radius 1 is 1.57 bits per heavy atom. The number of carbonyl (C=O) groups excluding carboxylic acids is 3. The van der Waals surface area contributed by atoms with Crippen LogP contribution in [0.2, 0.25) is 0 Å². The van der Waals surface area contributed by atoms with Gasteiger partial charge in [-0.05, 0) is 35.8 Å². The van der Waals surface area contributed by atoms with Crippen molar-refractivity contribution in [2.24, 2.45) is 0 Å². The number of anilines is 1. The van der Waals surface area contributed by atoms with Gasteiger partial charge < -0.3 is 10.2 Å². The first kappa shape index (κ1) is 15.4. The molecule has 0 radical (unpaired) electrons. The minimum Gasteiger partial charge on any atom is -0.370 e. The summed E-state index contributed by atoms with van der Waals surface area (Å²) in [6.07, 6.45) is 1.58. The van der Waals surface area contributed by atoms with Crippen molar-refractivity contribution in [2.75, 3.05) is 18.4 Å². The smallest absolute Gasteiger partial charge is 0.258 e. The molecule has 8 heteroatoms. The third kappa shape index (κ3) is 3.21. The molecule has 7 nitrogen and oxygen atoms in total. The van der Waals surface area contributed by atoms with Gasteiger partial charge in [0.1, 0.15) is 18.4 Å². The van der Waals surface area contributed by atoms with Crippen LogP contribution in [-0.2, 0) is 9.59 Å². The maximum absolute atomic E-state index is 12.6. The summed E-state index contributed by atoms with van der Waals surface area (Å²) in [5, 5.41) is 5.20. The Balaban J connectivity index is 2.36. The largest absolute Gasteiger partial charge is 0.370 e. The lowest BCUT2D eigenvalue weighted by atomic mass is 10.1. The molecule has 2 heterocycles. The Bertz CT molecular complexity index is 605. The van der Waals surface area contributed by atoms with Crippen LogP contribution in [-0.4, -0.2) is 46.7 Å². The molecule has 1 aromatic rings. The SMILES string of the molecule is CCNc1ncc(Br)cc1C(=O)N1CC(=O)NC(=O)C1C. The van der Waals surface area contributed by atoms with E-state index in [1.165, 1.54) is 4.90 Å². The fraction of sp³-hybridized carbons (Fsp3) is 0.385. The van der Waals surface area contributed by atoms with Crippen LogP contribution in [0.3, 0.4) is 0 Å². The second-order valence-corrected chi connectivity index (χ2v) is 5.52. The maximum Gasteiger partial charge on any atom is 0.258 e. The molecular formula is C13H15BrN4O3. The lowest BCUT2D eigenvalue weighted by molar-refractivity contribution is -0.138. The maximum atomic E-state index is 12.6. The topological polar surface area (TPSA) is 91.4 Å². The summed E-state index contributed by atoms with van der Waals surface area (Å²) >= 11 is 3.27. The van der Waals surface area contributed by atoms with E-state index in [0.717, 1.165) is 0 Å². The van der Waals surface area contributed by atoms with Gasteiger partial charge in [0, 0.05) is 17.2 Å². The van der Waals surface area contributed by atoms with Gasteiger partial charge in [-0.25, -0.2) is 4.98 Å². The molecule has 0 spiro atoms. The number of hydrogen-bond donors (Lipinski definition) is 2. The summed E-state index contributed by atoms with van der Waals surface area (Å²) in [5.41, 5.74) is 0.320. The van der Waals surface area contributed by atoms with Crippen LogP contribution in [0.25, 0.3) is 0 Å². The van der Waals surface area contributed by atoms with E-state index in [0.29, 0.717) is 22.4 Å². The summed E-state index contributed by atoms with van der Waals surface area (Å²) in [7, 11) is 0. The highest BCUT2D eigenvalue weighted by molar-refractivity contribution is 9.10. The van der Waals surface area contributed by atoms with Crippen molar-refractivity contribution in [3.05, 3.63) is 22.3 Å². The highest BCUT2D eigenvalue weighted by Crippen LogP contribution is 2.21. The molecule has 0 bridgehead atoms. The standard InChI is InChI=1S/C13H15BrN4O3/c1-3-15-11-9(4-8(14)5-16-11)13(21)18-6-10(19)17-12(20)7(18)2/h4-5,7H,3,6H2,1-2H3,(H,15,16)(H,17,19,20). The van der Waals surface area contributed by atoms with E-state index in [1.54, 1.807) is 19.2 Å². The fourth-order valence-electron chi connectivity index (χ4n) is 2.03. The van der Waals surface area contributed by atoms with Crippen LogP contribution in [0.15, 0.2) is 16.7 Å². The number of carbonyl (C=O) groups is 3. The van der Waals surface area contributed by atoms with E-state index >= 15 is 0 Å². The fourth-order valence-corrected chi connectivity index (χ4v) is 2.36. The number of imide groups is 1. The van der Waals surface area contributed by atoms with Crippen molar-refractivity contribution in [2.45, 2.75) is 19.9 Å². The lowest BCUT2D eigenvalue weighted by Gasteiger charge is -2.32. The number of nitrogens with zero attached hydrogens (tertiary/aromatic N) is 2. The molecule has 1 unspecified atom stereocenters.